The van der Waals surface area contributed by atoms with Crippen LogP contribution in [0.3, 0.4) is 0 Å². The molecule has 0 spiro atoms. The Bertz CT molecular complexity index is 616. The zero-order valence-electron chi connectivity index (χ0n) is 10.6. The molecule has 0 aromatic heterocycles. The average Bonchev–Trinajstić information content (AvgIpc) is 2.46. The molecule has 2 rings (SSSR count). The number of hydrogen-bond acceptors (Lipinski definition) is 6. The Kier molecular flexibility index (Phi) is 4.57. The highest BCUT2D eigenvalue weighted by molar-refractivity contribution is 7.94. The van der Waals surface area contributed by atoms with Crippen LogP contribution in [0.15, 0.2) is 47.4 Å². The SMILES string of the molecule is COOSc1ccc(-c2ccc(N)c([N+](=O)[O-])c2)cc1. The molecule has 0 radical (unpaired) electrons. The Morgan fingerprint density at radius 2 is 1.80 bits per heavy atom. The third-order valence-electron chi connectivity index (χ3n) is 2.61. The van der Waals surface area contributed by atoms with Crippen LogP contribution in [0.2, 0.25) is 0 Å². The van der Waals surface area contributed by atoms with Crippen molar-refractivity contribution in [2.45, 2.75) is 4.90 Å². The first-order valence-corrected chi connectivity index (χ1v) is 6.37. The van der Waals surface area contributed by atoms with Gasteiger partial charge in [0.25, 0.3) is 5.69 Å². The van der Waals surface area contributed by atoms with E-state index in [2.05, 4.69) is 4.89 Å². The summed E-state index contributed by atoms with van der Waals surface area (Å²) in [5.74, 6) is 0. The van der Waals surface area contributed by atoms with E-state index in [4.69, 9.17) is 10.1 Å². The second kappa shape index (κ2) is 6.38. The third-order valence-corrected chi connectivity index (χ3v) is 3.28. The lowest BCUT2D eigenvalue weighted by Crippen LogP contribution is -1.95. The summed E-state index contributed by atoms with van der Waals surface area (Å²) in [6.07, 6.45) is 0. The number of hydrogen-bond donors (Lipinski definition) is 1. The standard InChI is InChI=1S/C13H12N2O4S/c1-18-19-20-11-5-2-9(3-6-11)10-4-7-12(14)13(8-10)15(16)17/h2-8H,14H2,1H3. The molecule has 0 saturated carbocycles. The van der Waals surface area contributed by atoms with Gasteiger partial charge in [-0.3, -0.25) is 10.1 Å². The van der Waals surface area contributed by atoms with Gasteiger partial charge in [-0.25, -0.2) is 4.89 Å². The molecule has 2 aromatic rings. The van der Waals surface area contributed by atoms with Gasteiger partial charge in [-0.1, -0.05) is 18.2 Å². The number of benzene rings is 2. The molecule has 7 heteroatoms. The van der Waals surface area contributed by atoms with Crippen molar-refractivity contribution in [2.24, 2.45) is 0 Å². The second-order valence-corrected chi connectivity index (χ2v) is 4.65. The van der Waals surface area contributed by atoms with E-state index in [9.17, 15) is 10.1 Å². The van der Waals surface area contributed by atoms with Crippen molar-refractivity contribution in [3.8, 4) is 11.1 Å². The molecular weight excluding hydrogens is 280 g/mol. The maximum Gasteiger partial charge on any atom is 0.292 e. The number of nitrogen functional groups attached to an aromatic ring is 1. The number of nitro groups is 1. The summed E-state index contributed by atoms with van der Waals surface area (Å²) < 4.78 is 4.74. The van der Waals surface area contributed by atoms with E-state index >= 15 is 0 Å². The molecule has 0 aliphatic carbocycles. The fourth-order valence-corrected chi connectivity index (χ4v) is 2.05. The predicted octanol–water partition coefficient (Wildman–Crippen LogP) is 3.43. The van der Waals surface area contributed by atoms with E-state index in [1.54, 1.807) is 6.07 Å². The largest absolute Gasteiger partial charge is 0.393 e. The minimum atomic E-state index is -0.491. The first-order valence-electron chi connectivity index (χ1n) is 5.63. The fraction of sp³-hybridized carbons (Fsp3) is 0.0769. The van der Waals surface area contributed by atoms with Crippen molar-refractivity contribution in [3.05, 3.63) is 52.6 Å². The molecule has 2 N–H and O–H groups in total. The van der Waals surface area contributed by atoms with Crippen LogP contribution in [0.25, 0.3) is 11.1 Å². The lowest BCUT2D eigenvalue weighted by Gasteiger charge is -2.05. The molecular formula is C13H12N2O4S. The summed E-state index contributed by atoms with van der Waals surface area (Å²) >= 11 is 1.08. The van der Waals surface area contributed by atoms with Crippen LogP contribution in [0, 0.1) is 10.1 Å². The Morgan fingerprint density at radius 3 is 2.40 bits per heavy atom. The van der Waals surface area contributed by atoms with E-state index < -0.39 is 4.92 Å². The first-order chi connectivity index (χ1) is 9.61. The lowest BCUT2D eigenvalue weighted by atomic mass is 10.0. The van der Waals surface area contributed by atoms with Crippen molar-refractivity contribution in [1.29, 1.82) is 0 Å². The molecule has 0 amide bonds. The lowest BCUT2D eigenvalue weighted by molar-refractivity contribution is -0.383. The molecule has 0 aliphatic heterocycles. The number of nitrogens with two attached hydrogens (primary N) is 1. The van der Waals surface area contributed by atoms with Crippen LogP contribution in [0.1, 0.15) is 0 Å². The number of anilines is 1. The second-order valence-electron chi connectivity index (χ2n) is 3.87. The molecule has 0 saturated heterocycles. The van der Waals surface area contributed by atoms with E-state index in [1.807, 2.05) is 24.3 Å². The zero-order chi connectivity index (χ0) is 14.5. The number of nitrogens with zero attached hydrogens (tertiary/aromatic N) is 1. The van der Waals surface area contributed by atoms with Crippen LogP contribution >= 0.6 is 12.0 Å². The van der Waals surface area contributed by atoms with Crippen molar-refractivity contribution in [1.82, 2.24) is 0 Å². The number of rotatable bonds is 5. The summed E-state index contributed by atoms with van der Waals surface area (Å²) in [7, 11) is 1.43. The van der Waals surface area contributed by atoms with Crippen molar-refractivity contribution >= 4 is 23.4 Å². The molecule has 0 fully saturated rings. The molecule has 0 aliphatic rings. The monoisotopic (exact) mass is 292 g/mol. The highest BCUT2D eigenvalue weighted by Crippen LogP contribution is 2.30. The van der Waals surface area contributed by atoms with Gasteiger partial charge in [0.1, 0.15) is 5.69 Å². The van der Waals surface area contributed by atoms with Crippen molar-refractivity contribution < 1.29 is 14.1 Å². The summed E-state index contributed by atoms with van der Waals surface area (Å²) in [6.45, 7) is 0. The van der Waals surface area contributed by atoms with E-state index in [0.29, 0.717) is 0 Å². The normalized spacial score (nSPS) is 10.4. The Labute approximate surface area is 119 Å². The molecule has 0 atom stereocenters. The minimum Gasteiger partial charge on any atom is -0.393 e. The Balaban J connectivity index is 2.27. The molecule has 0 bridgehead atoms. The summed E-state index contributed by atoms with van der Waals surface area (Å²) in [6, 6.07) is 12.1. The third kappa shape index (κ3) is 3.27. The van der Waals surface area contributed by atoms with E-state index in [-0.39, 0.29) is 11.4 Å². The maximum absolute atomic E-state index is 10.9. The van der Waals surface area contributed by atoms with Crippen LogP contribution in [0.5, 0.6) is 0 Å². The Morgan fingerprint density at radius 1 is 1.15 bits per heavy atom. The van der Waals surface area contributed by atoms with Crippen LogP contribution in [0.4, 0.5) is 11.4 Å². The molecule has 0 heterocycles. The molecule has 20 heavy (non-hydrogen) atoms. The van der Waals surface area contributed by atoms with Crippen LogP contribution in [-0.4, -0.2) is 12.0 Å². The van der Waals surface area contributed by atoms with Crippen LogP contribution < -0.4 is 5.73 Å². The van der Waals surface area contributed by atoms with Gasteiger partial charge in [-0.05, 0) is 29.3 Å². The van der Waals surface area contributed by atoms with Crippen LogP contribution in [-0.2, 0) is 9.22 Å². The van der Waals surface area contributed by atoms with Gasteiger partial charge in [-0.15, -0.1) is 0 Å². The maximum atomic E-state index is 10.9. The fourth-order valence-electron chi connectivity index (χ4n) is 1.66. The average molecular weight is 292 g/mol. The van der Waals surface area contributed by atoms with Crippen molar-refractivity contribution in [2.75, 3.05) is 12.8 Å². The van der Waals surface area contributed by atoms with Crippen molar-refractivity contribution in [3.63, 3.8) is 0 Å². The molecule has 0 unspecified atom stereocenters. The highest BCUT2D eigenvalue weighted by atomic mass is 32.2. The smallest absolute Gasteiger partial charge is 0.292 e. The molecule has 6 nitrogen and oxygen atoms in total. The number of nitro benzene ring substituents is 1. The minimum absolute atomic E-state index is 0.0938. The molecule has 104 valence electrons. The van der Waals surface area contributed by atoms with Gasteiger partial charge in [0.2, 0.25) is 0 Å². The summed E-state index contributed by atoms with van der Waals surface area (Å²) in [5, 5.41) is 10.9. The van der Waals surface area contributed by atoms with Gasteiger partial charge < -0.3 is 5.73 Å². The zero-order valence-corrected chi connectivity index (χ0v) is 11.4. The van der Waals surface area contributed by atoms with Gasteiger partial charge in [0, 0.05) is 11.0 Å². The van der Waals surface area contributed by atoms with E-state index in [0.717, 1.165) is 28.1 Å². The Hall–Kier alpha value is -2.09. The predicted molar refractivity (Wildman–Crippen MR) is 76.9 cm³/mol. The van der Waals surface area contributed by atoms with Gasteiger partial charge >= 0.3 is 0 Å². The topological polar surface area (TPSA) is 87.6 Å². The summed E-state index contributed by atoms with van der Waals surface area (Å²) in [5.41, 5.74) is 7.22. The van der Waals surface area contributed by atoms with E-state index in [1.165, 1.54) is 19.2 Å². The van der Waals surface area contributed by atoms with Gasteiger partial charge in [0.05, 0.1) is 24.1 Å². The van der Waals surface area contributed by atoms with Gasteiger partial charge in [-0.2, -0.15) is 4.33 Å². The highest BCUT2D eigenvalue weighted by Gasteiger charge is 2.12. The first kappa shape index (κ1) is 14.3. The van der Waals surface area contributed by atoms with Gasteiger partial charge in [0.15, 0.2) is 0 Å². The quantitative estimate of drug-likeness (QED) is 0.298. The summed E-state index contributed by atoms with van der Waals surface area (Å²) in [4.78, 5) is 15.7. The molecule has 2 aromatic carbocycles.